The molecule has 0 unspecified atom stereocenters. The highest BCUT2D eigenvalue weighted by Gasteiger charge is 2.22. The molecular weight excluding hydrogens is 336 g/mol. The number of thioether (sulfide) groups is 2. The van der Waals surface area contributed by atoms with Gasteiger partial charge in [0, 0.05) is 22.6 Å². The fraction of sp³-hybridized carbons (Fsp3) is 0.158. The number of benzene rings is 2. The maximum absolute atomic E-state index is 12.7. The van der Waals surface area contributed by atoms with Gasteiger partial charge in [0.25, 0.3) is 0 Å². The first-order chi connectivity index (χ1) is 11.8. The Hall–Kier alpha value is -1.98. The molecule has 0 bridgehead atoms. The molecule has 3 nitrogen and oxygen atoms in total. The van der Waals surface area contributed by atoms with E-state index >= 15 is 0 Å². The van der Waals surface area contributed by atoms with Crippen molar-refractivity contribution in [2.45, 2.75) is 9.92 Å². The molecule has 1 amide bonds. The van der Waals surface area contributed by atoms with E-state index in [0.717, 1.165) is 33.9 Å². The number of nitrogens with zero attached hydrogens (tertiary/aromatic N) is 2. The van der Waals surface area contributed by atoms with E-state index in [4.69, 9.17) is 0 Å². The van der Waals surface area contributed by atoms with E-state index in [0.29, 0.717) is 5.75 Å². The number of amides is 1. The second kappa shape index (κ2) is 6.87. The van der Waals surface area contributed by atoms with Gasteiger partial charge in [0.2, 0.25) is 5.91 Å². The average molecular weight is 352 g/mol. The number of fused-ring (bicyclic) bond motifs is 2. The molecule has 0 atom stereocenters. The van der Waals surface area contributed by atoms with Crippen molar-refractivity contribution in [3.05, 3.63) is 60.7 Å². The Morgan fingerprint density at radius 3 is 2.88 bits per heavy atom. The minimum absolute atomic E-state index is 0.141. The number of aromatic nitrogens is 1. The van der Waals surface area contributed by atoms with Crippen LogP contribution in [0.4, 0.5) is 5.69 Å². The number of carbonyl (C=O) groups is 1. The van der Waals surface area contributed by atoms with Gasteiger partial charge in [-0.2, -0.15) is 0 Å². The fourth-order valence-corrected chi connectivity index (χ4v) is 4.52. The zero-order chi connectivity index (χ0) is 16.4. The Morgan fingerprint density at radius 1 is 1.08 bits per heavy atom. The molecule has 0 aliphatic carbocycles. The van der Waals surface area contributed by atoms with E-state index in [2.05, 4.69) is 17.1 Å². The van der Waals surface area contributed by atoms with E-state index in [-0.39, 0.29) is 5.91 Å². The third kappa shape index (κ3) is 3.14. The van der Waals surface area contributed by atoms with Crippen LogP contribution in [0.3, 0.4) is 0 Å². The van der Waals surface area contributed by atoms with Gasteiger partial charge in [-0.15, -0.1) is 11.8 Å². The van der Waals surface area contributed by atoms with Crippen LogP contribution in [0.5, 0.6) is 0 Å². The Labute approximate surface area is 149 Å². The number of para-hydroxylation sites is 2. The topological polar surface area (TPSA) is 33.2 Å². The predicted molar refractivity (Wildman–Crippen MR) is 102 cm³/mol. The second-order valence-corrected chi connectivity index (χ2v) is 7.62. The van der Waals surface area contributed by atoms with Crippen LogP contribution >= 0.6 is 23.5 Å². The molecule has 2 heterocycles. The van der Waals surface area contributed by atoms with Gasteiger partial charge in [0.05, 0.1) is 22.0 Å². The summed E-state index contributed by atoms with van der Waals surface area (Å²) in [6, 6.07) is 20.2. The van der Waals surface area contributed by atoms with Crippen molar-refractivity contribution in [3.63, 3.8) is 0 Å². The highest BCUT2D eigenvalue weighted by atomic mass is 32.2. The highest BCUT2D eigenvalue weighted by molar-refractivity contribution is 8.00. The van der Waals surface area contributed by atoms with Crippen LogP contribution in [-0.4, -0.2) is 28.9 Å². The summed E-state index contributed by atoms with van der Waals surface area (Å²) < 4.78 is 0. The van der Waals surface area contributed by atoms with Gasteiger partial charge < -0.3 is 4.90 Å². The Morgan fingerprint density at radius 2 is 1.92 bits per heavy atom. The van der Waals surface area contributed by atoms with E-state index in [9.17, 15) is 4.79 Å². The maximum atomic E-state index is 12.7. The zero-order valence-corrected chi connectivity index (χ0v) is 14.6. The van der Waals surface area contributed by atoms with Crippen LogP contribution in [-0.2, 0) is 4.79 Å². The first-order valence-electron chi connectivity index (χ1n) is 7.82. The van der Waals surface area contributed by atoms with Gasteiger partial charge in [0.15, 0.2) is 0 Å². The molecule has 24 heavy (non-hydrogen) atoms. The first kappa shape index (κ1) is 15.5. The predicted octanol–water partition coefficient (Wildman–Crippen LogP) is 4.47. The van der Waals surface area contributed by atoms with Crippen molar-refractivity contribution in [2.24, 2.45) is 0 Å². The van der Waals surface area contributed by atoms with Crippen molar-refractivity contribution in [3.8, 4) is 0 Å². The molecule has 4 rings (SSSR count). The molecule has 0 saturated carbocycles. The molecular formula is C19H16N2OS2. The fourth-order valence-electron chi connectivity index (χ4n) is 2.77. The quantitative estimate of drug-likeness (QED) is 0.651. The van der Waals surface area contributed by atoms with Crippen molar-refractivity contribution in [1.82, 2.24) is 4.98 Å². The number of anilines is 1. The van der Waals surface area contributed by atoms with Gasteiger partial charge in [0.1, 0.15) is 0 Å². The molecule has 0 radical (unpaired) electrons. The SMILES string of the molecule is O=C(CSc1ccc2ccccc2n1)N1CCSc2ccccc21. The van der Waals surface area contributed by atoms with E-state index < -0.39 is 0 Å². The first-order valence-corrected chi connectivity index (χ1v) is 9.79. The van der Waals surface area contributed by atoms with Gasteiger partial charge in [-0.25, -0.2) is 4.98 Å². The van der Waals surface area contributed by atoms with Crippen LogP contribution in [0.15, 0.2) is 70.6 Å². The summed E-state index contributed by atoms with van der Waals surface area (Å²) >= 11 is 3.32. The smallest absolute Gasteiger partial charge is 0.237 e. The molecule has 0 spiro atoms. The lowest BCUT2D eigenvalue weighted by Crippen LogP contribution is -2.36. The average Bonchev–Trinajstić information content (AvgIpc) is 2.65. The number of carbonyl (C=O) groups excluding carboxylic acids is 1. The summed E-state index contributed by atoms with van der Waals surface area (Å²) in [5.74, 6) is 1.49. The van der Waals surface area contributed by atoms with Gasteiger partial charge in [-0.05, 0) is 24.3 Å². The molecule has 1 aliphatic rings. The van der Waals surface area contributed by atoms with Crippen molar-refractivity contribution in [2.75, 3.05) is 23.0 Å². The van der Waals surface area contributed by atoms with Crippen molar-refractivity contribution >= 4 is 46.0 Å². The Balaban J connectivity index is 1.48. The lowest BCUT2D eigenvalue weighted by molar-refractivity contribution is -0.116. The molecule has 1 aromatic heterocycles. The van der Waals surface area contributed by atoms with E-state index in [1.165, 1.54) is 16.7 Å². The number of pyridine rings is 1. The molecule has 0 fully saturated rings. The third-order valence-corrected chi connectivity index (χ3v) is 5.90. The molecule has 3 aromatic rings. The summed E-state index contributed by atoms with van der Waals surface area (Å²) in [7, 11) is 0. The number of hydrogen-bond acceptors (Lipinski definition) is 4. The van der Waals surface area contributed by atoms with Gasteiger partial charge in [-0.3, -0.25) is 4.79 Å². The molecule has 2 aromatic carbocycles. The summed E-state index contributed by atoms with van der Waals surface area (Å²) in [6.07, 6.45) is 0. The van der Waals surface area contributed by atoms with Crippen LogP contribution in [0, 0.1) is 0 Å². The summed E-state index contributed by atoms with van der Waals surface area (Å²) in [4.78, 5) is 20.4. The van der Waals surface area contributed by atoms with E-state index in [1.54, 1.807) is 0 Å². The number of hydrogen-bond donors (Lipinski definition) is 0. The molecule has 120 valence electrons. The van der Waals surface area contributed by atoms with Crippen molar-refractivity contribution in [1.29, 1.82) is 0 Å². The minimum atomic E-state index is 0.141. The Bertz CT molecular complexity index is 897. The van der Waals surface area contributed by atoms with Gasteiger partial charge >= 0.3 is 0 Å². The molecule has 0 saturated heterocycles. The Kier molecular flexibility index (Phi) is 4.45. The number of rotatable bonds is 3. The van der Waals surface area contributed by atoms with E-state index in [1.807, 2.05) is 65.2 Å². The molecule has 0 N–H and O–H groups in total. The van der Waals surface area contributed by atoms with Crippen LogP contribution < -0.4 is 4.90 Å². The lowest BCUT2D eigenvalue weighted by atomic mass is 10.2. The normalized spacial score (nSPS) is 13.8. The second-order valence-electron chi connectivity index (χ2n) is 5.49. The monoisotopic (exact) mass is 352 g/mol. The summed E-state index contributed by atoms with van der Waals surface area (Å²) in [6.45, 7) is 0.770. The van der Waals surface area contributed by atoms with Crippen LogP contribution in [0.25, 0.3) is 10.9 Å². The van der Waals surface area contributed by atoms with Crippen LogP contribution in [0.1, 0.15) is 0 Å². The zero-order valence-electron chi connectivity index (χ0n) is 13.0. The highest BCUT2D eigenvalue weighted by Crippen LogP contribution is 2.34. The minimum Gasteiger partial charge on any atom is -0.310 e. The van der Waals surface area contributed by atoms with Gasteiger partial charge in [-0.1, -0.05) is 48.2 Å². The standard InChI is InChI=1S/C19H16N2OS2/c22-19(21-11-12-23-17-8-4-3-7-16(17)21)13-24-18-10-9-14-5-1-2-6-15(14)20-18/h1-10H,11-13H2. The lowest BCUT2D eigenvalue weighted by Gasteiger charge is -2.28. The van der Waals surface area contributed by atoms with Crippen LogP contribution in [0.2, 0.25) is 0 Å². The summed E-state index contributed by atoms with van der Waals surface area (Å²) in [5.41, 5.74) is 2.00. The maximum Gasteiger partial charge on any atom is 0.237 e. The van der Waals surface area contributed by atoms with Crippen molar-refractivity contribution < 1.29 is 4.79 Å². The summed E-state index contributed by atoms with van der Waals surface area (Å²) in [5, 5.41) is 2.01. The third-order valence-electron chi connectivity index (χ3n) is 3.95. The molecule has 1 aliphatic heterocycles. The largest absolute Gasteiger partial charge is 0.310 e. The molecule has 5 heteroatoms.